The van der Waals surface area contributed by atoms with Crippen LogP contribution in [0.15, 0.2) is 18.3 Å². The zero-order valence-corrected chi connectivity index (χ0v) is 22.8. The molecule has 0 atom stereocenters. The van der Waals surface area contributed by atoms with Crippen molar-refractivity contribution < 1.29 is 14.7 Å². The number of hydroxylamine groups is 2. The van der Waals surface area contributed by atoms with E-state index in [1.165, 1.54) is 38.3 Å². The van der Waals surface area contributed by atoms with Crippen molar-refractivity contribution in [2.24, 2.45) is 0 Å². The van der Waals surface area contributed by atoms with Crippen LogP contribution >= 0.6 is 0 Å². The van der Waals surface area contributed by atoms with Gasteiger partial charge >= 0.3 is 0 Å². The third-order valence-corrected chi connectivity index (χ3v) is 7.04. The molecule has 2 heterocycles. The standard InChI is InChI=1S/C27H46N5O5/c1-24(2)29-18-20-30(21-19-29)26-16-15-25(23-28-26)27(33)31(34)17-13-11-9-7-5-3-4-6-8-10-12-14-22-37-32(35)36/h15-16,23-24H,3-14,17-22H2,1-2H3/q-1. The highest BCUT2D eigenvalue weighted by molar-refractivity contribution is 5.94. The quantitative estimate of drug-likeness (QED) is 0.134. The molecule has 0 spiro atoms. The highest BCUT2D eigenvalue weighted by Crippen LogP contribution is 2.17. The molecule has 1 aromatic rings. The lowest BCUT2D eigenvalue weighted by molar-refractivity contribution is -0.757. The molecule has 1 amide bonds. The number of amides is 1. The first-order chi connectivity index (χ1) is 17.9. The van der Waals surface area contributed by atoms with E-state index < -0.39 is 11.0 Å². The molecule has 0 bridgehead atoms. The molecule has 0 aliphatic carbocycles. The number of unbranched alkanes of at least 4 members (excludes halogenated alkanes) is 11. The van der Waals surface area contributed by atoms with E-state index in [1.807, 2.05) is 6.07 Å². The molecule has 0 N–H and O–H groups in total. The molecule has 10 nitrogen and oxygen atoms in total. The van der Waals surface area contributed by atoms with Gasteiger partial charge in [-0.3, -0.25) is 9.69 Å². The predicted molar refractivity (Wildman–Crippen MR) is 146 cm³/mol. The third-order valence-electron chi connectivity index (χ3n) is 7.04. The van der Waals surface area contributed by atoms with E-state index in [0.717, 1.165) is 76.9 Å². The van der Waals surface area contributed by atoms with Crippen molar-refractivity contribution in [3.63, 3.8) is 0 Å². The molecular weight excluding hydrogens is 474 g/mol. The number of rotatable bonds is 19. The maximum Gasteiger partial charge on any atom is 0.294 e. The second-order valence-corrected chi connectivity index (χ2v) is 10.2. The Morgan fingerprint density at radius 2 is 1.49 bits per heavy atom. The van der Waals surface area contributed by atoms with Gasteiger partial charge in [-0.05, 0) is 38.8 Å². The van der Waals surface area contributed by atoms with Gasteiger partial charge < -0.3 is 20.0 Å². The lowest BCUT2D eigenvalue weighted by Gasteiger charge is -2.37. The van der Waals surface area contributed by atoms with Crippen molar-refractivity contribution in [2.75, 3.05) is 44.2 Å². The van der Waals surface area contributed by atoms with E-state index in [1.54, 1.807) is 6.07 Å². The van der Waals surface area contributed by atoms with Crippen LogP contribution in [0.1, 0.15) is 101 Å². The molecule has 37 heavy (non-hydrogen) atoms. The largest absolute Gasteiger partial charge is 0.756 e. The minimum absolute atomic E-state index is 0.201. The molecule has 1 fully saturated rings. The van der Waals surface area contributed by atoms with E-state index >= 15 is 0 Å². The molecule has 0 aromatic carbocycles. The van der Waals surface area contributed by atoms with Crippen molar-refractivity contribution in [3.05, 3.63) is 39.2 Å². The zero-order valence-electron chi connectivity index (χ0n) is 22.8. The minimum atomic E-state index is -0.732. The first-order valence-corrected chi connectivity index (χ1v) is 14.1. The Bertz CT molecular complexity index is 769. The molecule has 0 unspecified atom stereocenters. The fourth-order valence-electron chi connectivity index (χ4n) is 4.68. The summed E-state index contributed by atoms with van der Waals surface area (Å²) in [6, 6.07) is 4.11. The topological polar surface area (TPSA) is 115 Å². The second kappa shape index (κ2) is 17.9. The number of carbonyl (C=O) groups excluding carboxylic acids is 1. The number of aromatic nitrogens is 1. The van der Waals surface area contributed by atoms with Gasteiger partial charge in [0.2, 0.25) is 5.91 Å². The lowest BCUT2D eigenvalue weighted by Crippen LogP contribution is -2.49. The predicted octanol–water partition coefficient (Wildman–Crippen LogP) is 5.44. The van der Waals surface area contributed by atoms with Crippen LogP contribution in [0, 0.1) is 15.3 Å². The Morgan fingerprint density at radius 1 is 0.946 bits per heavy atom. The molecule has 2 rings (SSSR count). The number of hydrogen-bond acceptors (Lipinski definition) is 8. The molecule has 1 aliphatic rings. The fourth-order valence-corrected chi connectivity index (χ4v) is 4.68. The van der Waals surface area contributed by atoms with Crippen LogP contribution in [-0.4, -0.2) is 71.3 Å². The summed E-state index contributed by atoms with van der Waals surface area (Å²) < 4.78 is 0. The average Bonchev–Trinajstić information content (AvgIpc) is 2.90. The molecule has 10 heteroatoms. The van der Waals surface area contributed by atoms with Crippen molar-refractivity contribution in [3.8, 4) is 0 Å². The molecule has 0 saturated carbocycles. The smallest absolute Gasteiger partial charge is 0.294 e. The summed E-state index contributed by atoms with van der Waals surface area (Å²) >= 11 is 0. The van der Waals surface area contributed by atoms with Gasteiger partial charge in [-0.2, -0.15) is 0 Å². The van der Waals surface area contributed by atoms with E-state index in [0.29, 0.717) is 16.7 Å². The summed E-state index contributed by atoms with van der Waals surface area (Å²) in [5, 5.41) is 22.2. The second-order valence-electron chi connectivity index (χ2n) is 10.2. The summed E-state index contributed by atoms with van der Waals surface area (Å²) in [6.45, 7) is 8.68. The van der Waals surface area contributed by atoms with Crippen LogP contribution in [0.5, 0.6) is 0 Å². The molecule has 210 valence electrons. The molecule has 1 saturated heterocycles. The van der Waals surface area contributed by atoms with Crippen LogP contribution in [-0.2, 0) is 4.84 Å². The maximum absolute atomic E-state index is 12.5. The van der Waals surface area contributed by atoms with Gasteiger partial charge in [-0.15, -0.1) is 10.1 Å². The van der Waals surface area contributed by atoms with Gasteiger partial charge in [-0.1, -0.05) is 64.2 Å². The maximum atomic E-state index is 12.5. The van der Waals surface area contributed by atoms with Crippen molar-refractivity contribution in [1.29, 1.82) is 0 Å². The fraction of sp³-hybridized carbons (Fsp3) is 0.778. The van der Waals surface area contributed by atoms with E-state index in [4.69, 9.17) is 0 Å². The van der Waals surface area contributed by atoms with E-state index in [9.17, 15) is 20.1 Å². The summed E-state index contributed by atoms with van der Waals surface area (Å²) in [4.78, 5) is 35.9. The van der Waals surface area contributed by atoms with Crippen LogP contribution < -0.4 is 4.90 Å². The first kappa shape index (κ1) is 30.8. The van der Waals surface area contributed by atoms with Crippen molar-refractivity contribution in [2.45, 2.75) is 96.9 Å². The Balaban J connectivity index is 1.47. The third kappa shape index (κ3) is 12.6. The van der Waals surface area contributed by atoms with Gasteiger partial charge in [0.25, 0.3) is 5.09 Å². The Hall–Kier alpha value is -2.46. The van der Waals surface area contributed by atoms with Crippen molar-refractivity contribution >= 4 is 11.7 Å². The van der Waals surface area contributed by atoms with Crippen LogP contribution in [0.3, 0.4) is 0 Å². The highest BCUT2D eigenvalue weighted by Gasteiger charge is 2.20. The molecule has 0 radical (unpaired) electrons. The van der Waals surface area contributed by atoms with E-state index in [-0.39, 0.29) is 13.2 Å². The van der Waals surface area contributed by atoms with Gasteiger partial charge in [0.15, 0.2) is 0 Å². The SMILES string of the molecule is CC(C)N1CCN(c2ccc(C(=O)N([O-])CCCCCCCCCCCCCCO[N+](=O)[O-])cn2)CC1. The number of anilines is 1. The summed E-state index contributed by atoms with van der Waals surface area (Å²) in [7, 11) is 0. The number of hydrogen-bond donors (Lipinski definition) is 0. The lowest BCUT2D eigenvalue weighted by atomic mass is 10.1. The first-order valence-electron chi connectivity index (χ1n) is 14.1. The van der Waals surface area contributed by atoms with Crippen LogP contribution in [0.4, 0.5) is 5.82 Å². The average molecular weight is 521 g/mol. The molecule has 1 aliphatic heterocycles. The summed E-state index contributed by atoms with van der Waals surface area (Å²) in [5.41, 5.74) is 0.351. The summed E-state index contributed by atoms with van der Waals surface area (Å²) in [6.07, 6.45) is 14.3. The van der Waals surface area contributed by atoms with E-state index in [2.05, 4.69) is 33.5 Å². The molecular formula is C27H46N5O5-. The van der Waals surface area contributed by atoms with Gasteiger partial charge in [0.05, 0.1) is 12.2 Å². The normalized spacial score (nSPS) is 14.2. The Morgan fingerprint density at radius 3 is 1.97 bits per heavy atom. The van der Waals surface area contributed by atoms with Gasteiger partial charge in [0, 0.05) is 45.0 Å². The van der Waals surface area contributed by atoms with Crippen LogP contribution in [0.2, 0.25) is 0 Å². The zero-order chi connectivity index (χ0) is 26.9. The minimum Gasteiger partial charge on any atom is -0.756 e. The molecule has 1 aromatic heterocycles. The monoisotopic (exact) mass is 520 g/mol. The van der Waals surface area contributed by atoms with Crippen LogP contribution in [0.25, 0.3) is 0 Å². The van der Waals surface area contributed by atoms with Gasteiger partial charge in [0.1, 0.15) is 5.82 Å². The number of nitrogens with zero attached hydrogens (tertiary/aromatic N) is 5. The Kier molecular flexibility index (Phi) is 14.9. The summed E-state index contributed by atoms with van der Waals surface area (Å²) in [5.74, 6) is 0.353. The number of carbonyl (C=O) groups is 1. The highest BCUT2D eigenvalue weighted by atomic mass is 16.9. The number of piperazine rings is 1. The number of pyridine rings is 1. The Labute approximate surface area is 222 Å². The van der Waals surface area contributed by atoms with Gasteiger partial charge in [-0.25, -0.2) is 4.98 Å². The van der Waals surface area contributed by atoms with Crippen molar-refractivity contribution in [1.82, 2.24) is 14.9 Å².